The van der Waals surface area contributed by atoms with Crippen LogP contribution in [0.1, 0.15) is 80.6 Å². The molecular weight excluding hydrogens is 544 g/mol. The second-order valence-corrected chi connectivity index (χ2v) is 10.7. The van der Waals surface area contributed by atoms with E-state index in [-0.39, 0.29) is 30.2 Å². The number of carbonyl (C=O) groups excluding carboxylic acids is 3. The lowest BCUT2D eigenvalue weighted by molar-refractivity contribution is -0.135. The summed E-state index contributed by atoms with van der Waals surface area (Å²) in [6.45, 7) is 3.49. The Labute approximate surface area is 234 Å². The highest BCUT2D eigenvalue weighted by Gasteiger charge is 2.28. The molecule has 8 heteroatoms. The minimum absolute atomic E-state index is 0.141. The number of rotatable bonds is 13. The van der Waals surface area contributed by atoms with E-state index in [0.717, 1.165) is 35.7 Å². The first-order chi connectivity index (χ1) is 18.5. The molecule has 1 aliphatic heterocycles. The number of unbranched alkanes of at least 4 members (excludes halogenated alkanes) is 5. The second kappa shape index (κ2) is 16.1. The van der Waals surface area contributed by atoms with E-state index in [4.69, 9.17) is 0 Å². The largest absolute Gasteiger partial charge is 0.346 e. The van der Waals surface area contributed by atoms with Crippen molar-refractivity contribution in [1.29, 1.82) is 0 Å². The molecule has 3 rings (SSSR count). The smallest absolute Gasteiger partial charge is 0.251 e. The van der Waals surface area contributed by atoms with Crippen molar-refractivity contribution < 1.29 is 14.4 Å². The van der Waals surface area contributed by atoms with E-state index in [2.05, 4.69) is 38.7 Å². The topological polar surface area (TPSA) is 90.9 Å². The van der Waals surface area contributed by atoms with Crippen LogP contribution in [-0.4, -0.2) is 48.0 Å². The molecule has 0 spiro atoms. The van der Waals surface area contributed by atoms with E-state index in [0.29, 0.717) is 30.8 Å². The minimum atomic E-state index is -0.296. The number of hydrogen-bond acceptors (Lipinski definition) is 4. The van der Waals surface area contributed by atoms with Crippen LogP contribution in [0.2, 0.25) is 0 Å². The van der Waals surface area contributed by atoms with Crippen LogP contribution in [0.5, 0.6) is 0 Å². The van der Waals surface area contributed by atoms with E-state index in [1.54, 1.807) is 12.1 Å². The normalized spacial score (nSPS) is 15.7. The SMILES string of the molecule is CCCCCCCCC(=O)N1CCC[C@H](C(=O)N/N=C(\CNC(=O)c2ccc(Br)cc2)c2ccccc2)C1. The first-order valence-electron chi connectivity index (χ1n) is 13.7. The Kier molecular flexibility index (Phi) is 12.5. The molecule has 204 valence electrons. The van der Waals surface area contributed by atoms with Gasteiger partial charge in [0.25, 0.3) is 5.91 Å². The lowest BCUT2D eigenvalue weighted by Gasteiger charge is -2.31. The Bertz CT molecular complexity index is 1070. The molecule has 0 aliphatic carbocycles. The molecule has 0 aromatic heterocycles. The number of benzene rings is 2. The van der Waals surface area contributed by atoms with Gasteiger partial charge in [-0.3, -0.25) is 14.4 Å². The van der Waals surface area contributed by atoms with Gasteiger partial charge in [-0.2, -0.15) is 5.10 Å². The third kappa shape index (κ3) is 9.71. The summed E-state index contributed by atoms with van der Waals surface area (Å²) in [5.41, 5.74) is 4.61. The molecule has 0 radical (unpaired) electrons. The Balaban J connectivity index is 1.55. The molecule has 0 saturated carbocycles. The minimum Gasteiger partial charge on any atom is -0.346 e. The highest BCUT2D eigenvalue weighted by atomic mass is 79.9. The summed E-state index contributed by atoms with van der Waals surface area (Å²) in [5, 5.41) is 7.28. The first kappa shape index (κ1) is 29.6. The highest BCUT2D eigenvalue weighted by Crippen LogP contribution is 2.19. The van der Waals surface area contributed by atoms with Crippen molar-refractivity contribution in [1.82, 2.24) is 15.6 Å². The van der Waals surface area contributed by atoms with Gasteiger partial charge in [-0.25, -0.2) is 5.43 Å². The van der Waals surface area contributed by atoms with Gasteiger partial charge in [-0.15, -0.1) is 0 Å². The van der Waals surface area contributed by atoms with Crippen molar-refractivity contribution in [3.8, 4) is 0 Å². The number of amides is 3. The number of halogens is 1. The Morgan fingerprint density at radius 3 is 2.39 bits per heavy atom. The molecule has 1 fully saturated rings. The molecule has 1 saturated heterocycles. The molecule has 1 atom stereocenters. The Hall–Kier alpha value is -3.00. The summed E-state index contributed by atoms with van der Waals surface area (Å²) in [4.78, 5) is 40.2. The number of piperidine rings is 1. The predicted octanol–water partition coefficient (Wildman–Crippen LogP) is 5.69. The third-order valence-corrected chi connectivity index (χ3v) is 7.35. The van der Waals surface area contributed by atoms with Crippen LogP contribution in [-0.2, 0) is 9.59 Å². The van der Waals surface area contributed by atoms with Crippen molar-refractivity contribution in [2.24, 2.45) is 11.0 Å². The molecule has 38 heavy (non-hydrogen) atoms. The van der Waals surface area contributed by atoms with E-state index >= 15 is 0 Å². The van der Waals surface area contributed by atoms with Gasteiger partial charge in [0.15, 0.2) is 0 Å². The number of hydrazone groups is 1. The van der Waals surface area contributed by atoms with E-state index in [9.17, 15) is 14.4 Å². The van der Waals surface area contributed by atoms with Crippen molar-refractivity contribution >= 4 is 39.4 Å². The first-order valence-corrected chi connectivity index (χ1v) is 14.5. The van der Waals surface area contributed by atoms with Gasteiger partial charge in [0.2, 0.25) is 11.8 Å². The van der Waals surface area contributed by atoms with Crippen LogP contribution in [0, 0.1) is 5.92 Å². The average Bonchev–Trinajstić information content (AvgIpc) is 2.95. The third-order valence-electron chi connectivity index (χ3n) is 6.82. The predicted molar refractivity (Wildman–Crippen MR) is 155 cm³/mol. The van der Waals surface area contributed by atoms with Gasteiger partial charge in [0.05, 0.1) is 18.2 Å². The summed E-state index contributed by atoms with van der Waals surface area (Å²) in [5.74, 6) is -0.577. The lowest BCUT2D eigenvalue weighted by atomic mass is 9.97. The maximum absolute atomic E-state index is 13.0. The van der Waals surface area contributed by atoms with E-state index in [1.165, 1.54) is 25.7 Å². The maximum atomic E-state index is 13.0. The standard InChI is InChI=1S/C30H39BrN4O3/c1-2-3-4-5-6-10-15-28(36)35-20-11-14-25(22-35)30(38)34-33-27(23-12-8-7-9-13-23)21-32-29(37)24-16-18-26(31)19-17-24/h7-9,12-13,16-19,25H,2-6,10-11,14-15,20-22H2,1H3,(H,32,37)(H,34,38)/b33-27+/t25-/m0/s1. The average molecular weight is 584 g/mol. The number of nitrogens with zero attached hydrogens (tertiary/aromatic N) is 2. The monoisotopic (exact) mass is 582 g/mol. The van der Waals surface area contributed by atoms with Crippen LogP contribution < -0.4 is 10.7 Å². The zero-order valence-corrected chi connectivity index (χ0v) is 23.8. The summed E-state index contributed by atoms with van der Waals surface area (Å²) >= 11 is 3.37. The molecule has 1 aliphatic rings. The highest BCUT2D eigenvalue weighted by molar-refractivity contribution is 9.10. The molecule has 1 heterocycles. The van der Waals surface area contributed by atoms with Gasteiger partial charge >= 0.3 is 0 Å². The molecule has 2 N–H and O–H groups in total. The second-order valence-electron chi connectivity index (χ2n) is 9.79. The molecule has 7 nitrogen and oxygen atoms in total. The Morgan fingerprint density at radius 1 is 0.947 bits per heavy atom. The van der Waals surface area contributed by atoms with Gasteiger partial charge in [-0.1, -0.05) is 85.3 Å². The quantitative estimate of drug-likeness (QED) is 0.180. The molecular formula is C30H39BrN4O3. The number of likely N-dealkylation sites (tertiary alicyclic amines) is 1. The van der Waals surface area contributed by atoms with Crippen molar-refractivity contribution in [3.63, 3.8) is 0 Å². The van der Waals surface area contributed by atoms with E-state index < -0.39 is 0 Å². The van der Waals surface area contributed by atoms with Gasteiger partial charge in [-0.05, 0) is 49.1 Å². The molecule has 0 bridgehead atoms. The van der Waals surface area contributed by atoms with Crippen LogP contribution in [0.25, 0.3) is 0 Å². The molecule has 3 amide bonds. The lowest BCUT2D eigenvalue weighted by Crippen LogP contribution is -2.45. The van der Waals surface area contributed by atoms with Gasteiger partial charge in [0.1, 0.15) is 0 Å². The zero-order valence-electron chi connectivity index (χ0n) is 22.3. The zero-order chi connectivity index (χ0) is 27.2. The summed E-state index contributed by atoms with van der Waals surface area (Å²) in [7, 11) is 0. The van der Waals surface area contributed by atoms with Gasteiger partial charge in [0, 0.05) is 29.5 Å². The van der Waals surface area contributed by atoms with Crippen LogP contribution in [0.3, 0.4) is 0 Å². The van der Waals surface area contributed by atoms with Crippen molar-refractivity contribution in [3.05, 3.63) is 70.2 Å². The Morgan fingerprint density at radius 2 is 1.66 bits per heavy atom. The number of hydrogen-bond donors (Lipinski definition) is 2. The summed E-state index contributed by atoms with van der Waals surface area (Å²) in [6.07, 6.45) is 8.95. The molecule has 2 aromatic rings. The summed E-state index contributed by atoms with van der Waals surface area (Å²) < 4.78 is 0.897. The molecule has 0 unspecified atom stereocenters. The number of nitrogens with one attached hydrogen (secondary N) is 2. The van der Waals surface area contributed by atoms with Crippen molar-refractivity contribution in [2.75, 3.05) is 19.6 Å². The molecule has 2 aromatic carbocycles. The number of carbonyl (C=O) groups is 3. The van der Waals surface area contributed by atoms with Crippen molar-refractivity contribution in [2.45, 2.75) is 64.7 Å². The van der Waals surface area contributed by atoms with Crippen LogP contribution in [0.4, 0.5) is 0 Å². The fourth-order valence-electron chi connectivity index (χ4n) is 4.55. The maximum Gasteiger partial charge on any atom is 0.251 e. The van der Waals surface area contributed by atoms with Gasteiger partial charge < -0.3 is 10.2 Å². The van der Waals surface area contributed by atoms with Crippen LogP contribution in [0.15, 0.2) is 64.2 Å². The fourth-order valence-corrected chi connectivity index (χ4v) is 4.81. The summed E-state index contributed by atoms with van der Waals surface area (Å²) in [6, 6.07) is 16.6. The van der Waals surface area contributed by atoms with Crippen LogP contribution >= 0.6 is 15.9 Å². The van der Waals surface area contributed by atoms with E-state index in [1.807, 2.05) is 47.4 Å². The fraction of sp³-hybridized carbons (Fsp3) is 0.467.